The molecule has 1 aromatic heterocycles. The zero-order valence-corrected chi connectivity index (χ0v) is 13.2. The minimum atomic E-state index is -0.590. The van der Waals surface area contributed by atoms with Crippen LogP contribution in [0.15, 0.2) is 12.1 Å². The molecule has 1 unspecified atom stereocenters. The van der Waals surface area contributed by atoms with Crippen LogP contribution >= 0.6 is 23.2 Å². The standard InChI is InChI=1S/C15H18Cl2N2O/c1-9-5-12-13(6-10(9)2)19(14(18-12)3-4-20)8-11-7-15(11,16)17/h5-6,11,20H,3-4,7-8H2,1-2H3. The van der Waals surface area contributed by atoms with Gasteiger partial charge in [0.25, 0.3) is 0 Å². The monoisotopic (exact) mass is 312 g/mol. The lowest BCUT2D eigenvalue weighted by Crippen LogP contribution is -2.09. The summed E-state index contributed by atoms with van der Waals surface area (Å²) < 4.78 is 1.57. The van der Waals surface area contributed by atoms with Gasteiger partial charge in [-0.05, 0) is 43.5 Å². The van der Waals surface area contributed by atoms with Crippen LogP contribution in [-0.2, 0) is 13.0 Å². The maximum Gasteiger partial charge on any atom is 0.123 e. The highest BCUT2D eigenvalue weighted by Crippen LogP contribution is 2.54. The van der Waals surface area contributed by atoms with Gasteiger partial charge in [0.15, 0.2) is 0 Å². The number of rotatable bonds is 4. The van der Waals surface area contributed by atoms with Crippen molar-refractivity contribution in [2.75, 3.05) is 6.61 Å². The summed E-state index contributed by atoms with van der Waals surface area (Å²) in [6.07, 6.45) is 1.37. The lowest BCUT2D eigenvalue weighted by molar-refractivity contribution is 0.294. The van der Waals surface area contributed by atoms with Gasteiger partial charge in [-0.15, -0.1) is 23.2 Å². The molecule has 1 N–H and O–H groups in total. The fourth-order valence-electron chi connectivity index (χ4n) is 2.61. The fraction of sp³-hybridized carbons (Fsp3) is 0.533. The van der Waals surface area contributed by atoms with Gasteiger partial charge >= 0.3 is 0 Å². The van der Waals surface area contributed by atoms with Crippen molar-refractivity contribution < 1.29 is 5.11 Å². The summed E-state index contributed by atoms with van der Waals surface area (Å²) >= 11 is 12.3. The third-order valence-electron chi connectivity index (χ3n) is 4.14. The van der Waals surface area contributed by atoms with Gasteiger partial charge in [-0.25, -0.2) is 4.98 Å². The number of aliphatic hydroxyl groups is 1. The Kier molecular flexibility index (Phi) is 3.47. The number of hydrogen-bond donors (Lipinski definition) is 1. The first-order chi connectivity index (χ1) is 9.42. The van der Waals surface area contributed by atoms with Gasteiger partial charge in [0.1, 0.15) is 10.2 Å². The Hall–Kier alpha value is -0.770. The van der Waals surface area contributed by atoms with Gasteiger partial charge in [-0.3, -0.25) is 0 Å². The largest absolute Gasteiger partial charge is 0.396 e. The summed E-state index contributed by atoms with van der Waals surface area (Å²) in [5.74, 6) is 1.17. The highest BCUT2D eigenvalue weighted by atomic mass is 35.5. The van der Waals surface area contributed by atoms with E-state index in [1.165, 1.54) is 11.1 Å². The average molecular weight is 313 g/mol. The predicted molar refractivity (Wildman–Crippen MR) is 82.5 cm³/mol. The first-order valence-corrected chi connectivity index (χ1v) is 7.63. The predicted octanol–water partition coefficient (Wildman–Crippen LogP) is 3.38. The first-order valence-electron chi connectivity index (χ1n) is 6.87. The van der Waals surface area contributed by atoms with E-state index < -0.39 is 4.33 Å². The molecule has 1 aromatic carbocycles. The van der Waals surface area contributed by atoms with E-state index in [1.54, 1.807) is 0 Å². The highest BCUT2D eigenvalue weighted by molar-refractivity contribution is 6.50. The van der Waals surface area contributed by atoms with E-state index in [4.69, 9.17) is 23.2 Å². The molecule has 2 aromatic rings. The smallest absolute Gasteiger partial charge is 0.123 e. The van der Waals surface area contributed by atoms with E-state index in [1.807, 2.05) is 0 Å². The molecule has 1 saturated carbocycles. The molecule has 1 heterocycles. The van der Waals surface area contributed by atoms with Gasteiger partial charge < -0.3 is 9.67 Å². The molecule has 3 rings (SSSR count). The maximum atomic E-state index is 9.23. The van der Waals surface area contributed by atoms with Crippen LogP contribution in [0.3, 0.4) is 0 Å². The number of imidazole rings is 1. The second-order valence-electron chi connectivity index (χ2n) is 5.70. The molecule has 0 aliphatic heterocycles. The topological polar surface area (TPSA) is 38.1 Å². The van der Waals surface area contributed by atoms with Crippen molar-refractivity contribution in [2.45, 2.75) is 37.6 Å². The lowest BCUT2D eigenvalue weighted by atomic mass is 10.1. The molecule has 20 heavy (non-hydrogen) atoms. The Labute approximate surface area is 128 Å². The number of aliphatic hydroxyl groups excluding tert-OH is 1. The average Bonchev–Trinajstić information content (AvgIpc) is 2.84. The SMILES string of the molecule is Cc1cc2nc(CCO)n(CC3CC3(Cl)Cl)c2cc1C. The van der Waals surface area contributed by atoms with Crippen molar-refractivity contribution in [2.24, 2.45) is 5.92 Å². The van der Waals surface area contributed by atoms with E-state index in [2.05, 4.69) is 35.5 Å². The molecule has 0 amide bonds. The molecule has 0 saturated heterocycles. The molecule has 1 fully saturated rings. The van der Waals surface area contributed by atoms with Crippen molar-refractivity contribution in [3.05, 3.63) is 29.1 Å². The van der Waals surface area contributed by atoms with E-state index >= 15 is 0 Å². The van der Waals surface area contributed by atoms with Gasteiger partial charge in [0.2, 0.25) is 0 Å². The summed E-state index contributed by atoms with van der Waals surface area (Å²) in [4.78, 5) is 4.65. The summed E-state index contributed by atoms with van der Waals surface area (Å²) in [7, 11) is 0. The fourth-order valence-corrected chi connectivity index (χ4v) is 3.12. The Balaban J connectivity index is 2.06. The molecular weight excluding hydrogens is 295 g/mol. The molecule has 1 aliphatic rings. The third kappa shape index (κ3) is 2.43. The first kappa shape index (κ1) is 14.2. The molecule has 0 bridgehead atoms. The Morgan fingerprint density at radius 1 is 1.35 bits per heavy atom. The van der Waals surface area contributed by atoms with Crippen LogP contribution < -0.4 is 0 Å². The Bertz CT molecular complexity index is 663. The van der Waals surface area contributed by atoms with E-state index in [9.17, 15) is 5.11 Å². The normalized spacial score (nSPS) is 20.6. The van der Waals surface area contributed by atoms with Crippen molar-refractivity contribution in [3.63, 3.8) is 0 Å². The van der Waals surface area contributed by atoms with Crippen LogP contribution in [0.25, 0.3) is 11.0 Å². The number of nitrogens with zero attached hydrogens (tertiary/aromatic N) is 2. The maximum absolute atomic E-state index is 9.23. The number of aryl methyl sites for hydroxylation is 2. The van der Waals surface area contributed by atoms with Crippen molar-refractivity contribution >= 4 is 34.2 Å². The minimum absolute atomic E-state index is 0.0961. The van der Waals surface area contributed by atoms with Gasteiger partial charge in [0, 0.05) is 18.9 Å². The van der Waals surface area contributed by atoms with Gasteiger partial charge in [-0.1, -0.05) is 0 Å². The summed E-state index contributed by atoms with van der Waals surface area (Å²) in [5.41, 5.74) is 4.56. The third-order valence-corrected chi connectivity index (χ3v) is 5.06. The molecule has 3 nitrogen and oxygen atoms in total. The van der Waals surface area contributed by atoms with Crippen LogP contribution in [0.5, 0.6) is 0 Å². The number of halogens is 2. The Morgan fingerprint density at radius 2 is 2.00 bits per heavy atom. The molecule has 1 atom stereocenters. The van der Waals surface area contributed by atoms with Gasteiger partial charge in [0.05, 0.1) is 17.6 Å². The Morgan fingerprint density at radius 3 is 2.60 bits per heavy atom. The number of alkyl halides is 2. The van der Waals surface area contributed by atoms with E-state index in [0.29, 0.717) is 6.42 Å². The van der Waals surface area contributed by atoms with Crippen molar-refractivity contribution in [3.8, 4) is 0 Å². The van der Waals surface area contributed by atoms with Gasteiger partial charge in [-0.2, -0.15) is 0 Å². The van der Waals surface area contributed by atoms with Crippen LogP contribution in [0.4, 0.5) is 0 Å². The molecule has 0 spiro atoms. The van der Waals surface area contributed by atoms with Crippen molar-refractivity contribution in [1.82, 2.24) is 9.55 Å². The lowest BCUT2D eigenvalue weighted by Gasteiger charge is -2.09. The van der Waals surface area contributed by atoms with Crippen LogP contribution in [0, 0.1) is 19.8 Å². The zero-order valence-electron chi connectivity index (χ0n) is 11.7. The number of benzene rings is 1. The molecule has 5 heteroatoms. The molecule has 108 valence electrons. The van der Waals surface area contributed by atoms with Crippen molar-refractivity contribution in [1.29, 1.82) is 0 Å². The minimum Gasteiger partial charge on any atom is -0.396 e. The summed E-state index contributed by atoms with van der Waals surface area (Å²) in [6, 6.07) is 4.26. The quantitative estimate of drug-likeness (QED) is 0.879. The zero-order chi connectivity index (χ0) is 14.5. The second-order valence-corrected chi connectivity index (χ2v) is 7.24. The summed E-state index contributed by atoms with van der Waals surface area (Å²) in [6.45, 7) is 5.05. The number of hydrogen-bond acceptors (Lipinski definition) is 2. The van der Waals surface area contributed by atoms with Crippen LogP contribution in [0.1, 0.15) is 23.4 Å². The van der Waals surface area contributed by atoms with E-state index in [-0.39, 0.29) is 12.5 Å². The molecule has 0 radical (unpaired) electrons. The van der Waals surface area contributed by atoms with Crippen LogP contribution in [0.2, 0.25) is 0 Å². The molecule has 1 aliphatic carbocycles. The summed E-state index contributed by atoms with van der Waals surface area (Å²) in [5, 5.41) is 9.23. The second kappa shape index (κ2) is 4.90. The highest BCUT2D eigenvalue weighted by Gasteiger charge is 2.51. The van der Waals surface area contributed by atoms with Crippen LogP contribution in [-0.4, -0.2) is 25.6 Å². The number of aromatic nitrogens is 2. The molecular formula is C15H18Cl2N2O. The number of fused-ring (bicyclic) bond motifs is 1. The van der Waals surface area contributed by atoms with E-state index in [0.717, 1.165) is 29.8 Å².